The smallest absolute Gasteiger partial charge is 0.310 e. The molecule has 2 heterocycles. The van der Waals surface area contributed by atoms with Gasteiger partial charge in [-0.3, -0.25) is 9.59 Å². The summed E-state index contributed by atoms with van der Waals surface area (Å²) < 4.78 is 1.67. The van der Waals surface area contributed by atoms with Gasteiger partial charge in [0.05, 0.1) is 5.41 Å². The molecular formula is C15H22N2O3. The molecule has 1 unspecified atom stereocenters. The Bertz CT molecular complexity index is 526. The third-order valence-electron chi connectivity index (χ3n) is 4.17. The van der Waals surface area contributed by atoms with E-state index in [9.17, 15) is 14.7 Å². The largest absolute Gasteiger partial charge is 0.481 e. The van der Waals surface area contributed by atoms with Crippen LogP contribution in [0.5, 0.6) is 0 Å². The molecule has 0 spiro atoms. The molecule has 0 aliphatic carbocycles. The molecule has 20 heavy (non-hydrogen) atoms. The molecule has 0 saturated carbocycles. The van der Waals surface area contributed by atoms with Gasteiger partial charge in [0.2, 0.25) is 0 Å². The highest BCUT2D eigenvalue weighted by Crippen LogP contribution is 2.35. The summed E-state index contributed by atoms with van der Waals surface area (Å²) in [6, 6.07) is 5.11. The zero-order chi connectivity index (χ0) is 14.6. The Kier molecular flexibility index (Phi) is 4.60. The summed E-state index contributed by atoms with van der Waals surface area (Å²) in [6.45, 7) is 4.76. The molecule has 5 nitrogen and oxygen atoms in total. The van der Waals surface area contributed by atoms with E-state index < -0.39 is 11.4 Å². The minimum Gasteiger partial charge on any atom is -0.481 e. The second-order valence-corrected chi connectivity index (χ2v) is 5.59. The lowest BCUT2D eigenvalue weighted by Crippen LogP contribution is -2.36. The van der Waals surface area contributed by atoms with Gasteiger partial charge in [-0.05, 0) is 25.5 Å². The molecule has 1 atom stereocenters. The highest BCUT2D eigenvalue weighted by Gasteiger charge is 2.43. The van der Waals surface area contributed by atoms with Crippen LogP contribution in [0.2, 0.25) is 0 Å². The number of rotatable bonds is 6. The maximum atomic E-state index is 11.6. The Morgan fingerprint density at radius 3 is 2.85 bits per heavy atom. The first kappa shape index (κ1) is 14.8. The molecule has 2 rings (SSSR count). The number of carboxylic acid groups (broad SMARTS) is 1. The van der Waals surface area contributed by atoms with Gasteiger partial charge in [0.25, 0.3) is 5.56 Å². The zero-order valence-corrected chi connectivity index (χ0v) is 11.9. The van der Waals surface area contributed by atoms with E-state index in [2.05, 4.69) is 4.90 Å². The molecule has 1 aliphatic heterocycles. The van der Waals surface area contributed by atoms with E-state index in [1.165, 1.54) is 0 Å². The Morgan fingerprint density at radius 1 is 1.40 bits per heavy atom. The number of pyridine rings is 1. The van der Waals surface area contributed by atoms with E-state index in [0.29, 0.717) is 19.5 Å². The van der Waals surface area contributed by atoms with Crippen molar-refractivity contribution in [2.45, 2.75) is 32.7 Å². The van der Waals surface area contributed by atoms with Crippen LogP contribution in [0.25, 0.3) is 0 Å². The lowest BCUT2D eigenvalue weighted by molar-refractivity contribution is -0.148. The van der Waals surface area contributed by atoms with Crippen molar-refractivity contribution in [3.05, 3.63) is 34.7 Å². The molecule has 0 amide bonds. The third-order valence-corrected chi connectivity index (χ3v) is 4.17. The summed E-state index contributed by atoms with van der Waals surface area (Å²) in [5.41, 5.74) is -0.596. The Hall–Kier alpha value is -1.62. The Labute approximate surface area is 118 Å². The average Bonchev–Trinajstić information content (AvgIpc) is 2.83. The summed E-state index contributed by atoms with van der Waals surface area (Å²) in [7, 11) is 0. The number of aliphatic carboxylic acids is 1. The van der Waals surface area contributed by atoms with Crippen molar-refractivity contribution < 1.29 is 9.90 Å². The van der Waals surface area contributed by atoms with E-state index in [-0.39, 0.29) is 5.56 Å². The zero-order valence-electron chi connectivity index (χ0n) is 11.9. The van der Waals surface area contributed by atoms with Crippen LogP contribution in [0.15, 0.2) is 29.2 Å². The van der Waals surface area contributed by atoms with E-state index in [0.717, 1.165) is 25.9 Å². The van der Waals surface area contributed by atoms with Crippen LogP contribution in [0.3, 0.4) is 0 Å². The monoisotopic (exact) mass is 278 g/mol. The first-order chi connectivity index (χ1) is 9.57. The first-order valence-electron chi connectivity index (χ1n) is 7.19. The van der Waals surface area contributed by atoms with Crippen molar-refractivity contribution in [3.8, 4) is 0 Å². The topological polar surface area (TPSA) is 62.5 Å². The van der Waals surface area contributed by atoms with Crippen LogP contribution in [0.4, 0.5) is 0 Å². The number of hydrogen-bond acceptors (Lipinski definition) is 3. The highest BCUT2D eigenvalue weighted by molar-refractivity contribution is 5.75. The fourth-order valence-corrected chi connectivity index (χ4v) is 3.01. The van der Waals surface area contributed by atoms with Crippen LogP contribution < -0.4 is 5.56 Å². The average molecular weight is 278 g/mol. The minimum absolute atomic E-state index is 0.00949. The predicted molar refractivity (Wildman–Crippen MR) is 76.7 cm³/mol. The molecule has 1 aromatic rings. The number of aromatic nitrogens is 1. The van der Waals surface area contributed by atoms with Gasteiger partial charge in [0.15, 0.2) is 0 Å². The fraction of sp³-hybridized carbons (Fsp3) is 0.600. The Balaban J connectivity index is 1.95. The van der Waals surface area contributed by atoms with Gasteiger partial charge < -0.3 is 14.6 Å². The lowest BCUT2D eigenvalue weighted by Gasteiger charge is -2.24. The molecule has 1 fully saturated rings. The molecule has 1 saturated heterocycles. The van der Waals surface area contributed by atoms with Crippen LogP contribution >= 0.6 is 0 Å². The SMILES string of the molecule is CCCC1(C(=O)O)CCN(CCn2ccccc2=O)C1. The Morgan fingerprint density at radius 2 is 2.20 bits per heavy atom. The van der Waals surface area contributed by atoms with Gasteiger partial charge in [-0.2, -0.15) is 0 Å². The molecule has 110 valence electrons. The van der Waals surface area contributed by atoms with Crippen LogP contribution in [0.1, 0.15) is 26.2 Å². The maximum Gasteiger partial charge on any atom is 0.310 e. The molecule has 5 heteroatoms. The van der Waals surface area contributed by atoms with E-state index in [1.807, 2.05) is 13.0 Å². The standard InChI is InChI=1S/C15H22N2O3/c1-2-6-15(14(19)20)7-9-16(12-15)10-11-17-8-4-3-5-13(17)18/h3-5,8H,2,6-7,9-12H2,1H3,(H,19,20). The second-order valence-electron chi connectivity index (χ2n) is 5.59. The summed E-state index contributed by atoms with van der Waals surface area (Å²) in [5.74, 6) is -0.682. The molecule has 1 N–H and O–H groups in total. The van der Waals surface area contributed by atoms with Gasteiger partial charge in [0, 0.05) is 31.9 Å². The minimum atomic E-state index is -0.682. The van der Waals surface area contributed by atoms with Crippen molar-refractivity contribution in [2.24, 2.45) is 5.41 Å². The van der Waals surface area contributed by atoms with Crippen molar-refractivity contribution >= 4 is 5.97 Å². The number of nitrogens with zero attached hydrogens (tertiary/aromatic N) is 2. The summed E-state index contributed by atoms with van der Waals surface area (Å²) in [4.78, 5) is 25.3. The lowest BCUT2D eigenvalue weighted by atomic mass is 9.83. The molecular weight excluding hydrogens is 256 g/mol. The van der Waals surface area contributed by atoms with Gasteiger partial charge in [-0.25, -0.2) is 0 Å². The third kappa shape index (κ3) is 3.10. The first-order valence-corrected chi connectivity index (χ1v) is 7.19. The van der Waals surface area contributed by atoms with Gasteiger partial charge >= 0.3 is 5.97 Å². The molecule has 1 aliphatic rings. The van der Waals surface area contributed by atoms with Crippen molar-refractivity contribution in [2.75, 3.05) is 19.6 Å². The highest BCUT2D eigenvalue weighted by atomic mass is 16.4. The van der Waals surface area contributed by atoms with Crippen LogP contribution in [-0.4, -0.2) is 40.2 Å². The maximum absolute atomic E-state index is 11.6. The van der Waals surface area contributed by atoms with Crippen molar-refractivity contribution in [1.82, 2.24) is 9.47 Å². The van der Waals surface area contributed by atoms with E-state index in [4.69, 9.17) is 0 Å². The van der Waals surface area contributed by atoms with E-state index >= 15 is 0 Å². The number of likely N-dealkylation sites (tertiary alicyclic amines) is 1. The van der Waals surface area contributed by atoms with Crippen molar-refractivity contribution in [1.29, 1.82) is 0 Å². The predicted octanol–water partition coefficient (Wildman–Crippen LogP) is 1.43. The molecule has 0 radical (unpaired) electrons. The summed E-state index contributed by atoms with van der Waals surface area (Å²) in [5, 5.41) is 9.46. The van der Waals surface area contributed by atoms with Gasteiger partial charge in [-0.15, -0.1) is 0 Å². The molecule has 1 aromatic heterocycles. The number of carbonyl (C=O) groups is 1. The summed E-state index contributed by atoms with van der Waals surface area (Å²) >= 11 is 0. The van der Waals surface area contributed by atoms with Crippen LogP contribution in [0, 0.1) is 5.41 Å². The van der Waals surface area contributed by atoms with Gasteiger partial charge in [0.1, 0.15) is 0 Å². The van der Waals surface area contributed by atoms with Gasteiger partial charge in [-0.1, -0.05) is 19.4 Å². The quantitative estimate of drug-likeness (QED) is 0.855. The number of carboxylic acids is 1. The van der Waals surface area contributed by atoms with E-state index in [1.54, 1.807) is 22.9 Å². The molecule has 0 bridgehead atoms. The summed E-state index contributed by atoms with van der Waals surface area (Å²) in [6.07, 6.45) is 4.09. The number of hydrogen-bond donors (Lipinski definition) is 1. The second kappa shape index (κ2) is 6.22. The van der Waals surface area contributed by atoms with Crippen molar-refractivity contribution in [3.63, 3.8) is 0 Å². The fourth-order valence-electron chi connectivity index (χ4n) is 3.01. The van der Waals surface area contributed by atoms with Crippen LogP contribution in [-0.2, 0) is 11.3 Å². The molecule has 0 aromatic carbocycles. The normalized spacial score (nSPS) is 23.1.